The summed E-state index contributed by atoms with van der Waals surface area (Å²) in [6.07, 6.45) is 0. The number of amides is 6. The third kappa shape index (κ3) is 4.25. The molecule has 40 heavy (non-hydrogen) atoms. The highest BCUT2D eigenvalue weighted by atomic mass is 16.5. The van der Waals surface area contributed by atoms with E-state index in [1.165, 1.54) is 13.8 Å². The summed E-state index contributed by atoms with van der Waals surface area (Å²) >= 11 is 0. The van der Waals surface area contributed by atoms with Gasteiger partial charge >= 0.3 is 24.0 Å². The summed E-state index contributed by atoms with van der Waals surface area (Å²) in [5, 5.41) is 4.46. The van der Waals surface area contributed by atoms with Crippen LogP contribution >= 0.6 is 0 Å². The first-order valence-electron chi connectivity index (χ1n) is 12.7. The van der Waals surface area contributed by atoms with E-state index in [0.29, 0.717) is 0 Å². The fourth-order valence-electron chi connectivity index (χ4n) is 5.89. The van der Waals surface area contributed by atoms with Crippen molar-refractivity contribution in [1.29, 1.82) is 0 Å². The first-order chi connectivity index (χ1) is 19.1. The lowest BCUT2D eigenvalue weighted by molar-refractivity contribution is -0.215. The lowest BCUT2D eigenvalue weighted by Gasteiger charge is -2.70. The molecule has 3 fully saturated rings. The molecule has 2 N–H and O–H groups in total. The van der Waals surface area contributed by atoms with Crippen molar-refractivity contribution in [2.24, 2.45) is 10.8 Å². The number of urea groups is 2. The van der Waals surface area contributed by atoms with E-state index >= 15 is 0 Å². The first kappa shape index (κ1) is 26.9. The Kier molecular flexibility index (Phi) is 6.78. The molecule has 2 saturated heterocycles. The summed E-state index contributed by atoms with van der Waals surface area (Å²) in [6, 6.07) is 14.0. The van der Waals surface area contributed by atoms with Crippen molar-refractivity contribution in [2.45, 2.75) is 39.1 Å². The predicted octanol–water partition coefficient (Wildman–Crippen LogP) is 1.34. The molecular formula is C28H28N4O8. The van der Waals surface area contributed by atoms with E-state index in [2.05, 4.69) is 10.6 Å². The van der Waals surface area contributed by atoms with Crippen molar-refractivity contribution in [3.8, 4) is 0 Å². The van der Waals surface area contributed by atoms with Gasteiger partial charge in [0.25, 0.3) is 0 Å². The maximum absolute atomic E-state index is 13.2. The van der Waals surface area contributed by atoms with Crippen LogP contribution in [-0.2, 0) is 41.9 Å². The van der Waals surface area contributed by atoms with E-state index in [4.69, 9.17) is 9.47 Å². The smallest absolute Gasteiger partial charge is 0.326 e. The van der Waals surface area contributed by atoms with Crippen LogP contribution in [0.25, 0.3) is 0 Å². The number of rotatable bonds is 8. The van der Waals surface area contributed by atoms with Gasteiger partial charge in [0, 0.05) is 0 Å². The van der Waals surface area contributed by atoms with Crippen LogP contribution in [0.3, 0.4) is 0 Å². The van der Waals surface area contributed by atoms with E-state index in [0.717, 1.165) is 20.9 Å². The fraction of sp³-hybridized carbons (Fsp3) is 0.357. The summed E-state index contributed by atoms with van der Waals surface area (Å²) in [5.74, 6) is -2.92. The Balaban J connectivity index is 1.38. The number of hydrogen-bond donors (Lipinski definition) is 2. The third-order valence-electron chi connectivity index (χ3n) is 8.22. The molecule has 1 aliphatic carbocycles. The largest absolute Gasteiger partial charge is 0.459 e. The second kappa shape index (κ2) is 10.1. The van der Waals surface area contributed by atoms with Crippen LogP contribution in [0.5, 0.6) is 0 Å². The van der Waals surface area contributed by atoms with E-state index in [1.54, 1.807) is 48.5 Å². The van der Waals surface area contributed by atoms with Gasteiger partial charge in [-0.1, -0.05) is 60.7 Å². The van der Waals surface area contributed by atoms with Gasteiger partial charge in [0.2, 0.25) is 11.8 Å². The Morgan fingerprint density at radius 1 is 0.675 bits per heavy atom. The van der Waals surface area contributed by atoms with Crippen LogP contribution < -0.4 is 10.6 Å². The van der Waals surface area contributed by atoms with Crippen molar-refractivity contribution in [3.63, 3.8) is 0 Å². The van der Waals surface area contributed by atoms with E-state index in [-0.39, 0.29) is 13.2 Å². The summed E-state index contributed by atoms with van der Waals surface area (Å²) in [6.45, 7) is 1.86. The number of nitrogens with one attached hydrogen (secondary N) is 2. The summed E-state index contributed by atoms with van der Waals surface area (Å²) < 4.78 is 10.7. The molecule has 5 rings (SSSR count). The molecule has 0 radical (unpaired) electrons. The van der Waals surface area contributed by atoms with Crippen LogP contribution in [0.15, 0.2) is 60.7 Å². The van der Waals surface area contributed by atoms with Crippen molar-refractivity contribution >= 4 is 35.8 Å². The average Bonchev–Trinajstić information content (AvgIpc) is 2.94. The minimum atomic E-state index is -1.51. The summed E-state index contributed by atoms with van der Waals surface area (Å²) in [5.41, 5.74) is -1.54. The average molecular weight is 549 g/mol. The van der Waals surface area contributed by atoms with Crippen LogP contribution in [-0.4, -0.2) is 70.8 Å². The Morgan fingerprint density at radius 2 is 1.02 bits per heavy atom. The molecule has 2 aliphatic heterocycles. The van der Waals surface area contributed by atoms with Gasteiger partial charge in [-0.2, -0.15) is 0 Å². The van der Waals surface area contributed by atoms with E-state index in [9.17, 15) is 28.8 Å². The second-order valence-corrected chi connectivity index (χ2v) is 10.4. The topological polar surface area (TPSA) is 151 Å². The highest BCUT2D eigenvalue weighted by molar-refractivity contribution is 6.11. The van der Waals surface area contributed by atoms with Crippen LogP contribution in [0.4, 0.5) is 9.59 Å². The second-order valence-electron chi connectivity index (χ2n) is 10.4. The SMILES string of the molecule is C[C@]12C(=O)NC(=O)N(CC(=O)OCc3ccccc3)C1C1N(CC(=O)OCc3ccccc3)C(=O)NC(=O)[C@]12C. The van der Waals surface area contributed by atoms with Crippen LogP contribution in [0, 0.1) is 10.8 Å². The Morgan fingerprint density at radius 3 is 1.38 bits per heavy atom. The third-order valence-corrected chi connectivity index (χ3v) is 8.22. The molecule has 1 saturated carbocycles. The molecule has 0 bridgehead atoms. The van der Waals surface area contributed by atoms with E-state index < -0.39 is 71.8 Å². The van der Waals surface area contributed by atoms with Crippen molar-refractivity contribution < 1.29 is 38.2 Å². The van der Waals surface area contributed by atoms with Crippen LogP contribution in [0.2, 0.25) is 0 Å². The fourth-order valence-corrected chi connectivity index (χ4v) is 5.89. The molecule has 6 amide bonds. The Labute approximate surface area is 229 Å². The highest BCUT2D eigenvalue weighted by Gasteiger charge is 2.81. The van der Waals surface area contributed by atoms with Gasteiger partial charge in [-0.05, 0) is 25.0 Å². The van der Waals surface area contributed by atoms with Gasteiger partial charge in [0.1, 0.15) is 26.3 Å². The quantitative estimate of drug-likeness (QED) is 0.469. The predicted molar refractivity (Wildman–Crippen MR) is 137 cm³/mol. The maximum atomic E-state index is 13.2. The zero-order valence-corrected chi connectivity index (χ0v) is 21.9. The number of benzene rings is 2. The molecule has 2 aromatic rings. The monoisotopic (exact) mass is 548 g/mol. The first-order valence-corrected chi connectivity index (χ1v) is 12.7. The number of nitrogens with zero attached hydrogens (tertiary/aromatic N) is 2. The minimum absolute atomic E-state index is 0.0303. The molecule has 2 aromatic carbocycles. The van der Waals surface area contributed by atoms with Crippen molar-refractivity contribution in [1.82, 2.24) is 20.4 Å². The summed E-state index contributed by atoms with van der Waals surface area (Å²) in [4.78, 5) is 80.0. The van der Waals surface area contributed by atoms with Gasteiger partial charge in [0.05, 0.1) is 22.9 Å². The van der Waals surface area contributed by atoms with Gasteiger partial charge in [0.15, 0.2) is 0 Å². The number of fused-ring (bicyclic) bond motifs is 4. The lowest BCUT2D eigenvalue weighted by Crippen LogP contribution is -2.91. The van der Waals surface area contributed by atoms with Crippen molar-refractivity contribution in [3.05, 3.63) is 71.8 Å². The molecule has 0 spiro atoms. The number of esters is 2. The Bertz CT molecular complexity index is 1280. The maximum Gasteiger partial charge on any atom is 0.326 e. The molecule has 12 heteroatoms. The number of imide groups is 2. The van der Waals surface area contributed by atoms with Gasteiger partial charge in [-0.15, -0.1) is 0 Å². The molecule has 3 aliphatic rings. The molecule has 2 unspecified atom stereocenters. The van der Waals surface area contributed by atoms with Gasteiger partial charge in [-0.25, -0.2) is 9.59 Å². The molecule has 0 aromatic heterocycles. The molecular weight excluding hydrogens is 520 g/mol. The molecule has 4 atom stereocenters. The number of ether oxygens (including phenoxy) is 2. The summed E-state index contributed by atoms with van der Waals surface area (Å²) in [7, 11) is 0. The van der Waals surface area contributed by atoms with E-state index in [1.807, 2.05) is 12.1 Å². The zero-order valence-electron chi connectivity index (χ0n) is 21.9. The normalized spacial score (nSPS) is 27.1. The lowest BCUT2D eigenvalue weighted by atomic mass is 9.42. The van der Waals surface area contributed by atoms with Gasteiger partial charge < -0.3 is 19.3 Å². The van der Waals surface area contributed by atoms with Crippen LogP contribution in [0.1, 0.15) is 25.0 Å². The number of hydrogen-bond acceptors (Lipinski definition) is 8. The number of carbonyl (C=O) groups excluding carboxylic acids is 6. The van der Waals surface area contributed by atoms with Crippen molar-refractivity contribution in [2.75, 3.05) is 13.1 Å². The van der Waals surface area contributed by atoms with Gasteiger partial charge in [-0.3, -0.25) is 29.8 Å². The standard InChI is InChI=1S/C28H28N4O8/c1-27-21(31(25(37)29-23(27)35)13-19(33)39-15-17-9-5-3-6-10-17)22-28(27,2)24(36)30-26(38)32(22)14-20(34)40-16-18-11-7-4-8-12-18/h3-12,21-22H,13-16H2,1-2H3,(H,29,35,37)(H,30,36,38)/t21?,22?,27-,28+. The number of carbonyl (C=O) groups is 6. The highest BCUT2D eigenvalue weighted by Crippen LogP contribution is 2.62. The molecule has 2 heterocycles. The minimum Gasteiger partial charge on any atom is -0.459 e. The molecule has 208 valence electrons. The Hall–Kier alpha value is -4.74. The zero-order chi connectivity index (χ0) is 28.7. The molecule has 12 nitrogen and oxygen atoms in total.